The quantitative estimate of drug-likeness (QED) is 0.875. The summed E-state index contributed by atoms with van der Waals surface area (Å²) >= 11 is 0. The average Bonchev–Trinajstić information content (AvgIpc) is 2.39. The second-order valence-corrected chi connectivity index (χ2v) is 4.14. The van der Waals surface area contributed by atoms with E-state index < -0.39 is 6.10 Å². The first kappa shape index (κ1) is 11.6. The molecule has 0 saturated heterocycles. The number of nitrogens with zero attached hydrogens (tertiary/aromatic N) is 2. The van der Waals surface area contributed by atoms with Crippen LogP contribution in [0, 0.1) is 0 Å². The molecule has 0 aliphatic heterocycles. The molecule has 3 heteroatoms. The van der Waals surface area contributed by atoms with Gasteiger partial charge >= 0.3 is 0 Å². The standard InChI is InChI=1S/C14H16N2O/c1-16(2)12-8-6-11(7-9-12)14(17)13-5-3-4-10-15-13/h3-10,14,17H,1-2H3/t14-/m0/s1. The number of hydrogen-bond donors (Lipinski definition) is 1. The molecule has 1 heterocycles. The highest BCUT2D eigenvalue weighted by molar-refractivity contribution is 5.47. The summed E-state index contributed by atoms with van der Waals surface area (Å²) in [7, 11) is 3.98. The first-order valence-electron chi connectivity index (χ1n) is 5.55. The fraction of sp³-hybridized carbons (Fsp3) is 0.214. The van der Waals surface area contributed by atoms with Crippen molar-refractivity contribution < 1.29 is 5.11 Å². The molecule has 0 unspecified atom stereocenters. The van der Waals surface area contributed by atoms with Crippen LogP contribution in [0.5, 0.6) is 0 Å². The highest BCUT2D eigenvalue weighted by Crippen LogP contribution is 2.22. The Morgan fingerprint density at radius 2 is 1.76 bits per heavy atom. The van der Waals surface area contributed by atoms with E-state index in [4.69, 9.17) is 0 Å². The molecule has 3 nitrogen and oxygen atoms in total. The van der Waals surface area contributed by atoms with Crippen molar-refractivity contribution in [1.82, 2.24) is 4.98 Å². The molecule has 0 radical (unpaired) electrons. The van der Waals surface area contributed by atoms with Crippen LogP contribution in [0.1, 0.15) is 17.4 Å². The van der Waals surface area contributed by atoms with E-state index in [0.717, 1.165) is 11.3 Å². The van der Waals surface area contributed by atoms with Crippen molar-refractivity contribution in [3.63, 3.8) is 0 Å². The van der Waals surface area contributed by atoms with Crippen molar-refractivity contribution in [1.29, 1.82) is 0 Å². The zero-order chi connectivity index (χ0) is 12.3. The molecule has 88 valence electrons. The topological polar surface area (TPSA) is 36.4 Å². The molecule has 1 N–H and O–H groups in total. The number of aliphatic hydroxyl groups is 1. The third-order valence-corrected chi connectivity index (χ3v) is 2.69. The normalized spacial score (nSPS) is 12.2. The van der Waals surface area contributed by atoms with Gasteiger partial charge in [0.25, 0.3) is 0 Å². The first-order valence-corrected chi connectivity index (χ1v) is 5.55. The minimum Gasteiger partial charge on any atom is -0.382 e. The van der Waals surface area contributed by atoms with Gasteiger partial charge in [-0.2, -0.15) is 0 Å². The highest BCUT2D eigenvalue weighted by Gasteiger charge is 2.10. The van der Waals surface area contributed by atoms with E-state index in [9.17, 15) is 5.11 Å². The summed E-state index contributed by atoms with van der Waals surface area (Å²) in [6.45, 7) is 0. The van der Waals surface area contributed by atoms with Gasteiger partial charge in [0.05, 0.1) is 5.69 Å². The Bertz CT molecular complexity index is 465. The van der Waals surface area contributed by atoms with Gasteiger partial charge < -0.3 is 10.0 Å². The van der Waals surface area contributed by atoms with Gasteiger partial charge in [0.15, 0.2) is 0 Å². The Balaban J connectivity index is 2.23. The average molecular weight is 228 g/mol. The van der Waals surface area contributed by atoms with Gasteiger partial charge in [0.1, 0.15) is 6.10 Å². The zero-order valence-electron chi connectivity index (χ0n) is 10.0. The molecule has 0 bridgehead atoms. The van der Waals surface area contributed by atoms with Gasteiger partial charge in [0.2, 0.25) is 0 Å². The summed E-state index contributed by atoms with van der Waals surface area (Å²) in [5, 5.41) is 10.1. The summed E-state index contributed by atoms with van der Waals surface area (Å²) < 4.78 is 0. The Hall–Kier alpha value is -1.87. The smallest absolute Gasteiger partial charge is 0.121 e. The van der Waals surface area contributed by atoms with Crippen LogP contribution in [0.2, 0.25) is 0 Å². The fourth-order valence-corrected chi connectivity index (χ4v) is 1.66. The molecule has 0 spiro atoms. The predicted molar refractivity (Wildman–Crippen MR) is 69.1 cm³/mol. The van der Waals surface area contributed by atoms with E-state index in [0.29, 0.717) is 5.69 Å². The predicted octanol–water partition coefficient (Wildman–Crippen LogP) is 2.23. The van der Waals surface area contributed by atoms with Gasteiger partial charge in [-0.15, -0.1) is 0 Å². The molecule has 2 aromatic rings. The molecular formula is C14H16N2O. The summed E-state index contributed by atoms with van der Waals surface area (Å²) in [6, 6.07) is 13.4. The number of pyridine rings is 1. The Morgan fingerprint density at radius 1 is 1.06 bits per heavy atom. The van der Waals surface area contributed by atoms with Crippen molar-refractivity contribution in [2.75, 3.05) is 19.0 Å². The van der Waals surface area contributed by atoms with E-state index in [1.807, 2.05) is 61.5 Å². The van der Waals surface area contributed by atoms with E-state index in [2.05, 4.69) is 4.98 Å². The van der Waals surface area contributed by atoms with E-state index in [1.165, 1.54) is 0 Å². The lowest BCUT2D eigenvalue weighted by molar-refractivity contribution is 0.215. The third kappa shape index (κ3) is 2.63. The summed E-state index contributed by atoms with van der Waals surface area (Å²) in [4.78, 5) is 6.18. The largest absolute Gasteiger partial charge is 0.382 e. The van der Waals surface area contributed by atoms with Crippen molar-refractivity contribution in [3.05, 3.63) is 59.9 Å². The molecule has 1 aromatic carbocycles. The van der Waals surface area contributed by atoms with Crippen LogP contribution in [-0.2, 0) is 0 Å². The molecule has 0 fully saturated rings. The summed E-state index contributed by atoms with van der Waals surface area (Å²) in [6.07, 6.45) is 1.03. The first-order chi connectivity index (χ1) is 8.18. The SMILES string of the molecule is CN(C)c1ccc([C@H](O)c2ccccn2)cc1. The molecule has 17 heavy (non-hydrogen) atoms. The minimum absolute atomic E-state index is 0.660. The Morgan fingerprint density at radius 3 is 2.29 bits per heavy atom. The zero-order valence-corrected chi connectivity index (χ0v) is 10.0. The lowest BCUT2D eigenvalue weighted by Crippen LogP contribution is -2.09. The highest BCUT2D eigenvalue weighted by atomic mass is 16.3. The molecule has 2 rings (SSSR count). The van der Waals surface area contributed by atoms with Gasteiger partial charge in [-0.3, -0.25) is 4.98 Å². The molecular weight excluding hydrogens is 212 g/mol. The van der Waals surface area contributed by atoms with Crippen LogP contribution in [0.25, 0.3) is 0 Å². The summed E-state index contributed by atoms with van der Waals surface area (Å²) in [5.41, 5.74) is 2.64. The van der Waals surface area contributed by atoms with Crippen LogP contribution >= 0.6 is 0 Å². The molecule has 0 saturated carbocycles. The van der Waals surface area contributed by atoms with Gasteiger partial charge in [-0.1, -0.05) is 18.2 Å². The Labute approximate surface area is 101 Å². The van der Waals surface area contributed by atoms with Crippen molar-refractivity contribution in [2.24, 2.45) is 0 Å². The van der Waals surface area contributed by atoms with Crippen molar-refractivity contribution in [2.45, 2.75) is 6.10 Å². The third-order valence-electron chi connectivity index (χ3n) is 2.69. The molecule has 0 aliphatic carbocycles. The van der Waals surface area contributed by atoms with E-state index >= 15 is 0 Å². The van der Waals surface area contributed by atoms with Crippen LogP contribution in [0.15, 0.2) is 48.7 Å². The maximum atomic E-state index is 10.1. The maximum absolute atomic E-state index is 10.1. The van der Waals surface area contributed by atoms with Crippen LogP contribution in [0.4, 0.5) is 5.69 Å². The van der Waals surface area contributed by atoms with Gasteiger partial charge in [0, 0.05) is 26.0 Å². The number of hydrogen-bond acceptors (Lipinski definition) is 3. The van der Waals surface area contributed by atoms with Gasteiger partial charge in [-0.05, 0) is 29.8 Å². The monoisotopic (exact) mass is 228 g/mol. The molecule has 0 aliphatic rings. The lowest BCUT2D eigenvalue weighted by atomic mass is 10.1. The van der Waals surface area contributed by atoms with E-state index in [-0.39, 0.29) is 0 Å². The second kappa shape index (κ2) is 4.97. The van der Waals surface area contributed by atoms with Crippen molar-refractivity contribution in [3.8, 4) is 0 Å². The Kier molecular flexibility index (Phi) is 3.40. The second-order valence-electron chi connectivity index (χ2n) is 4.14. The van der Waals surface area contributed by atoms with Gasteiger partial charge in [-0.25, -0.2) is 0 Å². The van der Waals surface area contributed by atoms with Crippen LogP contribution in [-0.4, -0.2) is 24.2 Å². The van der Waals surface area contributed by atoms with Crippen LogP contribution in [0.3, 0.4) is 0 Å². The van der Waals surface area contributed by atoms with E-state index in [1.54, 1.807) is 6.20 Å². The number of benzene rings is 1. The van der Waals surface area contributed by atoms with Crippen molar-refractivity contribution >= 4 is 5.69 Å². The number of anilines is 1. The fourth-order valence-electron chi connectivity index (χ4n) is 1.66. The lowest BCUT2D eigenvalue weighted by Gasteiger charge is -2.14. The summed E-state index contributed by atoms with van der Waals surface area (Å²) in [5.74, 6) is 0. The number of rotatable bonds is 3. The number of aliphatic hydroxyl groups excluding tert-OH is 1. The maximum Gasteiger partial charge on any atom is 0.121 e. The molecule has 1 aromatic heterocycles. The van der Waals surface area contributed by atoms with Crippen LogP contribution < -0.4 is 4.90 Å². The number of aromatic nitrogens is 1. The minimum atomic E-state index is -0.660. The molecule has 1 atom stereocenters. The molecule has 0 amide bonds.